The summed E-state index contributed by atoms with van der Waals surface area (Å²) in [6.45, 7) is 0. The van der Waals surface area contributed by atoms with E-state index in [-0.39, 0.29) is 0 Å². The molecule has 2 unspecified atom stereocenters. The van der Waals surface area contributed by atoms with E-state index in [9.17, 15) is 14.6 Å². The maximum Gasteiger partial charge on any atom is 0.170 e. The Morgan fingerprint density at radius 2 is 2.12 bits per heavy atom. The summed E-state index contributed by atoms with van der Waals surface area (Å²) in [7, 11) is 0. The quantitative estimate of drug-likeness (QED) is 0.666. The number of aromatic nitrogens is 1. The zero-order chi connectivity index (χ0) is 11.7. The fraction of sp³-hybridized carbons (Fsp3) is 0.182. The Hall–Kier alpha value is -1.90. The Kier molecular flexibility index (Phi) is 2.60. The largest absolute Gasteiger partial charge is 0.384 e. The van der Waals surface area contributed by atoms with Gasteiger partial charge in [-0.2, -0.15) is 5.26 Å². The molecule has 0 fully saturated rings. The summed E-state index contributed by atoms with van der Waals surface area (Å²) < 4.78 is 13.0. The van der Waals surface area contributed by atoms with Gasteiger partial charge >= 0.3 is 0 Å². The summed E-state index contributed by atoms with van der Waals surface area (Å²) in [5.41, 5.74) is 0.948. The molecular formula is C11H9FN2O2. The molecule has 0 radical (unpaired) electrons. The van der Waals surface area contributed by atoms with Gasteiger partial charge in [0.05, 0.1) is 6.07 Å². The molecule has 0 amide bonds. The Balaban J connectivity index is 2.53. The van der Waals surface area contributed by atoms with Crippen molar-refractivity contribution in [1.82, 2.24) is 4.98 Å². The topological polar surface area (TPSA) is 80.0 Å². The van der Waals surface area contributed by atoms with Gasteiger partial charge in [0.2, 0.25) is 0 Å². The predicted octanol–water partition coefficient (Wildman–Crippen LogP) is 1.22. The number of H-pyrrole nitrogens is 1. The van der Waals surface area contributed by atoms with Crippen LogP contribution in [0.5, 0.6) is 0 Å². The van der Waals surface area contributed by atoms with Crippen LogP contribution >= 0.6 is 0 Å². The minimum atomic E-state index is -1.53. The molecule has 0 aliphatic heterocycles. The van der Waals surface area contributed by atoms with Gasteiger partial charge in [0, 0.05) is 22.7 Å². The van der Waals surface area contributed by atoms with E-state index >= 15 is 0 Å². The molecule has 0 saturated heterocycles. The van der Waals surface area contributed by atoms with Gasteiger partial charge < -0.3 is 15.2 Å². The lowest BCUT2D eigenvalue weighted by molar-refractivity contribution is 0.0538. The van der Waals surface area contributed by atoms with E-state index < -0.39 is 18.0 Å². The van der Waals surface area contributed by atoms with Crippen LogP contribution in [0.25, 0.3) is 10.9 Å². The summed E-state index contributed by atoms with van der Waals surface area (Å²) in [6, 6.07) is 5.59. The number of fused-ring (bicyclic) bond motifs is 1. The first-order chi connectivity index (χ1) is 7.63. The fourth-order valence-electron chi connectivity index (χ4n) is 1.60. The number of aliphatic hydroxyl groups is 2. The molecule has 0 bridgehead atoms. The molecule has 0 spiro atoms. The van der Waals surface area contributed by atoms with Crippen molar-refractivity contribution in [2.24, 2.45) is 0 Å². The normalized spacial score (nSPS) is 14.6. The highest BCUT2D eigenvalue weighted by Crippen LogP contribution is 2.26. The van der Waals surface area contributed by atoms with Crippen molar-refractivity contribution in [2.75, 3.05) is 0 Å². The van der Waals surface area contributed by atoms with E-state index in [1.54, 1.807) is 0 Å². The van der Waals surface area contributed by atoms with Gasteiger partial charge in [-0.3, -0.25) is 0 Å². The fourth-order valence-corrected chi connectivity index (χ4v) is 1.60. The number of nitrogens with zero attached hydrogens (tertiary/aromatic N) is 1. The Bertz CT molecular complexity index is 559. The van der Waals surface area contributed by atoms with E-state index in [4.69, 9.17) is 5.26 Å². The third-order valence-electron chi connectivity index (χ3n) is 2.43. The van der Waals surface area contributed by atoms with E-state index in [0.29, 0.717) is 16.5 Å². The van der Waals surface area contributed by atoms with Crippen molar-refractivity contribution in [3.05, 3.63) is 35.8 Å². The molecular weight excluding hydrogens is 211 g/mol. The monoisotopic (exact) mass is 220 g/mol. The number of hydrogen-bond acceptors (Lipinski definition) is 3. The minimum Gasteiger partial charge on any atom is -0.384 e. The van der Waals surface area contributed by atoms with Gasteiger partial charge in [0.1, 0.15) is 11.9 Å². The van der Waals surface area contributed by atoms with Crippen LogP contribution in [0.4, 0.5) is 4.39 Å². The van der Waals surface area contributed by atoms with E-state index in [1.807, 2.05) is 0 Å². The minimum absolute atomic E-state index is 0.309. The first-order valence-electron chi connectivity index (χ1n) is 4.66. The van der Waals surface area contributed by atoms with Crippen LogP contribution < -0.4 is 0 Å². The van der Waals surface area contributed by atoms with E-state index in [1.165, 1.54) is 30.5 Å². The second-order valence-corrected chi connectivity index (χ2v) is 3.45. The summed E-state index contributed by atoms with van der Waals surface area (Å²) >= 11 is 0. The lowest BCUT2D eigenvalue weighted by atomic mass is 10.0. The molecule has 0 aliphatic rings. The number of aromatic amines is 1. The molecule has 82 valence electrons. The number of benzene rings is 1. The number of hydrogen-bond donors (Lipinski definition) is 3. The Morgan fingerprint density at radius 3 is 2.81 bits per heavy atom. The van der Waals surface area contributed by atoms with Gasteiger partial charge in [0.25, 0.3) is 0 Å². The SMILES string of the molecule is N#CC(O)C(O)c1c[nH]c2ccc(F)cc12. The average molecular weight is 220 g/mol. The summed E-state index contributed by atoms with van der Waals surface area (Å²) in [6.07, 6.45) is -1.42. The first kappa shape index (κ1) is 10.6. The Labute approximate surface area is 90.6 Å². The molecule has 2 atom stereocenters. The second-order valence-electron chi connectivity index (χ2n) is 3.45. The highest BCUT2D eigenvalue weighted by Gasteiger charge is 2.21. The van der Waals surface area contributed by atoms with Crippen LogP contribution in [0.1, 0.15) is 11.7 Å². The Morgan fingerprint density at radius 1 is 1.38 bits per heavy atom. The van der Waals surface area contributed by atoms with Gasteiger partial charge in [-0.1, -0.05) is 0 Å². The number of nitrogens with one attached hydrogen (secondary N) is 1. The van der Waals surface area contributed by atoms with Crippen molar-refractivity contribution in [2.45, 2.75) is 12.2 Å². The lowest BCUT2D eigenvalue weighted by Crippen LogP contribution is -2.15. The van der Waals surface area contributed by atoms with Crippen molar-refractivity contribution in [1.29, 1.82) is 5.26 Å². The number of aliphatic hydroxyl groups excluding tert-OH is 2. The van der Waals surface area contributed by atoms with Crippen molar-refractivity contribution in [3.8, 4) is 6.07 Å². The zero-order valence-corrected chi connectivity index (χ0v) is 8.18. The molecule has 0 aliphatic carbocycles. The maximum atomic E-state index is 13.0. The summed E-state index contributed by atoms with van der Waals surface area (Å²) in [4.78, 5) is 2.83. The number of nitriles is 1. The molecule has 1 aromatic carbocycles. The first-order valence-corrected chi connectivity index (χ1v) is 4.66. The number of rotatable bonds is 2. The molecule has 2 rings (SSSR count). The standard InChI is InChI=1S/C11H9FN2O2/c12-6-1-2-9-7(3-6)8(5-14-9)11(16)10(15)4-13/h1-3,5,10-11,14-16H. The van der Waals surface area contributed by atoms with Gasteiger partial charge in [0.15, 0.2) is 6.10 Å². The third-order valence-corrected chi connectivity index (χ3v) is 2.43. The molecule has 4 nitrogen and oxygen atoms in total. The van der Waals surface area contributed by atoms with Crippen molar-refractivity contribution < 1.29 is 14.6 Å². The maximum absolute atomic E-state index is 13.0. The summed E-state index contributed by atoms with van der Waals surface area (Å²) in [5.74, 6) is -0.438. The number of halogens is 1. The highest BCUT2D eigenvalue weighted by atomic mass is 19.1. The van der Waals surface area contributed by atoms with Crippen LogP contribution in [0.15, 0.2) is 24.4 Å². The molecule has 1 heterocycles. The van der Waals surface area contributed by atoms with Crippen LogP contribution in [0.2, 0.25) is 0 Å². The van der Waals surface area contributed by atoms with Crippen molar-refractivity contribution in [3.63, 3.8) is 0 Å². The molecule has 1 aromatic heterocycles. The summed E-state index contributed by atoms with van der Waals surface area (Å²) in [5, 5.41) is 27.8. The molecule has 3 N–H and O–H groups in total. The third kappa shape index (κ3) is 1.65. The van der Waals surface area contributed by atoms with E-state index in [2.05, 4.69) is 4.98 Å². The van der Waals surface area contributed by atoms with Crippen LogP contribution in [-0.2, 0) is 0 Å². The van der Waals surface area contributed by atoms with E-state index in [0.717, 1.165) is 0 Å². The molecule has 16 heavy (non-hydrogen) atoms. The van der Waals surface area contributed by atoms with Crippen molar-refractivity contribution >= 4 is 10.9 Å². The average Bonchev–Trinajstić information content (AvgIpc) is 2.69. The zero-order valence-electron chi connectivity index (χ0n) is 8.18. The second kappa shape index (κ2) is 3.93. The lowest BCUT2D eigenvalue weighted by Gasteiger charge is -2.10. The molecule has 5 heteroatoms. The highest BCUT2D eigenvalue weighted by molar-refractivity contribution is 5.83. The van der Waals surface area contributed by atoms with Gasteiger partial charge in [-0.25, -0.2) is 4.39 Å². The van der Waals surface area contributed by atoms with Gasteiger partial charge in [-0.05, 0) is 18.2 Å². The van der Waals surface area contributed by atoms with Gasteiger partial charge in [-0.15, -0.1) is 0 Å². The predicted molar refractivity (Wildman–Crippen MR) is 54.8 cm³/mol. The van der Waals surface area contributed by atoms with Crippen LogP contribution in [0, 0.1) is 17.1 Å². The molecule has 2 aromatic rings. The molecule has 0 saturated carbocycles. The van der Waals surface area contributed by atoms with Crippen LogP contribution in [-0.4, -0.2) is 21.3 Å². The van der Waals surface area contributed by atoms with Crippen LogP contribution in [0.3, 0.4) is 0 Å². The smallest absolute Gasteiger partial charge is 0.170 e.